The van der Waals surface area contributed by atoms with Crippen LogP contribution in [0.25, 0.3) is 0 Å². The van der Waals surface area contributed by atoms with Crippen LogP contribution in [-0.2, 0) is 19.2 Å². The number of hydrogen-bond donors (Lipinski definition) is 3. The Bertz CT molecular complexity index is 976. The van der Waals surface area contributed by atoms with Crippen LogP contribution in [0.3, 0.4) is 0 Å². The van der Waals surface area contributed by atoms with Crippen molar-refractivity contribution in [3.63, 3.8) is 0 Å². The standard InChI is InChI=1S/C34H59N3O6/c1-19-27-14-24(34(27,3)4)15-28(19)35-33(41)31-30(20(2)40)29(18-39)43-37(31)16-22-9-8-10-26(32(22)42-7)23-11-21(17-38)12-25(13-23)36(5)6/h17,19-32,39-40H,8-16,18H2,1-7H3,(H,35,41)/t19-,20-,21?,22?,23?,24?,25?,26?,27-,28?,29-,30-,31-,32?/m0/s1. The first kappa shape index (κ1) is 33.3. The number of carbonyl (C=O) groups is 2. The first-order chi connectivity index (χ1) is 20.4. The van der Waals surface area contributed by atoms with Gasteiger partial charge in [-0.1, -0.05) is 27.2 Å². The van der Waals surface area contributed by atoms with Gasteiger partial charge < -0.3 is 30.0 Å². The molecule has 5 saturated carbocycles. The number of nitrogens with zero attached hydrogens (tertiary/aromatic N) is 2. The van der Waals surface area contributed by atoms with E-state index in [-0.39, 0.29) is 36.5 Å². The Hall–Kier alpha value is -1.10. The minimum Gasteiger partial charge on any atom is -0.394 e. The van der Waals surface area contributed by atoms with Crippen LogP contribution in [0.2, 0.25) is 0 Å². The van der Waals surface area contributed by atoms with Crippen LogP contribution < -0.4 is 5.32 Å². The Morgan fingerprint density at radius 3 is 2.51 bits per heavy atom. The smallest absolute Gasteiger partial charge is 0.240 e. The molecule has 6 rings (SSSR count). The molecule has 43 heavy (non-hydrogen) atoms. The van der Waals surface area contributed by atoms with Crippen LogP contribution >= 0.6 is 0 Å². The van der Waals surface area contributed by atoms with Gasteiger partial charge in [-0.05, 0) is 101 Å². The summed E-state index contributed by atoms with van der Waals surface area (Å²) in [5, 5.41) is 26.3. The highest BCUT2D eigenvalue weighted by molar-refractivity contribution is 5.82. The molecule has 14 atom stereocenters. The van der Waals surface area contributed by atoms with Gasteiger partial charge in [0, 0.05) is 43.5 Å². The minimum absolute atomic E-state index is 0.00911. The lowest BCUT2D eigenvalue weighted by molar-refractivity contribution is -0.193. The number of amides is 1. The lowest BCUT2D eigenvalue weighted by Gasteiger charge is -2.62. The molecule has 246 valence electrons. The topological polar surface area (TPSA) is 112 Å². The molecule has 8 unspecified atom stereocenters. The predicted molar refractivity (Wildman–Crippen MR) is 165 cm³/mol. The summed E-state index contributed by atoms with van der Waals surface area (Å²) in [4.78, 5) is 34.6. The molecule has 6 aliphatic rings. The third-order valence-electron chi connectivity index (χ3n) is 13.0. The highest BCUT2D eigenvalue weighted by atomic mass is 16.7. The average molecular weight is 606 g/mol. The molecule has 1 aliphatic heterocycles. The molecule has 1 saturated heterocycles. The summed E-state index contributed by atoms with van der Waals surface area (Å²) < 4.78 is 6.26. The lowest BCUT2D eigenvalue weighted by atomic mass is 9.45. The SMILES string of the molecule is COC1C(CN2O[C@@H](CO)[C@H]([C@H](C)O)[C@H]2C(=O)NC2CC3C[C@@H]([C@@H]2C)C3(C)C)CCCC1C1CC(C=O)CC(N(C)C)C1. The molecule has 1 amide bonds. The van der Waals surface area contributed by atoms with Gasteiger partial charge in [0.15, 0.2) is 0 Å². The summed E-state index contributed by atoms with van der Waals surface area (Å²) in [6.07, 6.45) is 7.91. The minimum atomic E-state index is -0.808. The number of ether oxygens (including phenoxy) is 1. The number of aliphatic hydroxyl groups is 2. The Morgan fingerprint density at radius 1 is 1.19 bits per heavy atom. The van der Waals surface area contributed by atoms with E-state index in [1.807, 2.05) is 0 Å². The van der Waals surface area contributed by atoms with Crippen LogP contribution in [0, 0.1) is 52.8 Å². The highest BCUT2D eigenvalue weighted by Gasteiger charge is 2.57. The number of hydroxylamine groups is 2. The van der Waals surface area contributed by atoms with Crippen molar-refractivity contribution in [2.75, 3.05) is 34.4 Å². The molecular formula is C34H59N3O6. The van der Waals surface area contributed by atoms with Crippen LogP contribution in [0.5, 0.6) is 0 Å². The third kappa shape index (κ3) is 6.33. The normalized spacial score (nSPS) is 45.4. The number of hydrogen-bond acceptors (Lipinski definition) is 8. The first-order valence-electron chi connectivity index (χ1n) is 17.1. The van der Waals surface area contributed by atoms with Crippen molar-refractivity contribution in [1.82, 2.24) is 15.3 Å². The fraction of sp³-hybridized carbons (Fsp3) is 0.941. The summed E-state index contributed by atoms with van der Waals surface area (Å²) in [5.41, 5.74) is 0.330. The Labute approximate surface area is 259 Å². The molecule has 0 aromatic carbocycles. The maximum atomic E-state index is 14.1. The Morgan fingerprint density at radius 2 is 1.93 bits per heavy atom. The van der Waals surface area contributed by atoms with E-state index in [0.29, 0.717) is 47.6 Å². The van der Waals surface area contributed by atoms with Gasteiger partial charge in [0.25, 0.3) is 0 Å². The van der Waals surface area contributed by atoms with E-state index >= 15 is 0 Å². The molecular weight excluding hydrogens is 546 g/mol. The lowest BCUT2D eigenvalue weighted by Crippen LogP contribution is -2.62. The average Bonchev–Trinajstić information content (AvgIpc) is 3.36. The van der Waals surface area contributed by atoms with Crippen molar-refractivity contribution in [3.8, 4) is 0 Å². The molecule has 0 radical (unpaired) electrons. The number of aliphatic hydroxyl groups excluding tert-OH is 2. The molecule has 5 aliphatic carbocycles. The Kier molecular flexibility index (Phi) is 10.3. The highest BCUT2D eigenvalue weighted by Crippen LogP contribution is 2.61. The fourth-order valence-corrected chi connectivity index (χ4v) is 10.4. The van der Waals surface area contributed by atoms with Crippen molar-refractivity contribution < 1.29 is 29.4 Å². The van der Waals surface area contributed by atoms with E-state index in [4.69, 9.17) is 9.57 Å². The summed E-state index contributed by atoms with van der Waals surface area (Å²) in [5.74, 6) is 1.96. The maximum absolute atomic E-state index is 14.1. The van der Waals surface area contributed by atoms with Crippen molar-refractivity contribution in [2.24, 2.45) is 52.8 Å². The van der Waals surface area contributed by atoms with E-state index in [9.17, 15) is 19.8 Å². The zero-order valence-corrected chi connectivity index (χ0v) is 27.7. The zero-order valence-electron chi connectivity index (χ0n) is 27.7. The second-order valence-electron chi connectivity index (χ2n) is 15.8. The first-order valence-corrected chi connectivity index (χ1v) is 17.1. The van der Waals surface area contributed by atoms with E-state index in [0.717, 1.165) is 51.2 Å². The number of nitrogens with one attached hydrogen (secondary N) is 1. The van der Waals surface area contributed by atoms with Crippen molar-refractivity contribution in [1.29, 1.82) is 0 Å². The molecule has 0 spiro atoms. The molecule has 2 bridgehead atoms. The largest absolute Gasteiger partial charge is 0.394 e. The van der Waals surface area contributed by atoms with E-state index in [1.165, 1.54) is 6.42 Å². The maximum Gasteiger partial charge on any atom is 0.240 e. The third-order valence-corrected chi connectivity index (χ3v) is 13.0. The van der Waals surface area contributed by atoms with Crippen molar-refractivity contribution in [2.45, 2.75) is 115 Å². The van der Waals surface area contributed by atoms with Gasteiger partial charge >= 0.3 is 0 Å². The molecule has 9 heteroatoms. The number of aldehydes is 1. The van der Waals surface area contributed by atoms with Gasteiger partial charge in [-0.3, -0.25) is 9.63 Å². The van der Waals surface area contributed by atoms with Crippen molar-refractivity contribution >= 4 is 12.2 Å². The summed E-state index contributed by atoms with van der Waals surface area (Å²) in [6, 6.07) is -0.181. The van der Waals surface area contributed by atoms with Crippen LogP contribution in [0.15, 0.2) is 0 Å². The zero-order chi connectivity index (χ0) is 31.2. The van der Waals surface area contributed by atoms with E-state index in [2.05, 4.69) is 45.1 Å². The molecule has 1 heterocycles. The second-order valence-corrected chi connectivity index (χ2v) is 15.8. The number of fused-ring (bicyclic) bond motifs is 2. The van der Waals surface area contributed by atoms with Crippen LogP contribution in [-0.4, -0.2) is 103 Å². The van der Waals surface area contributed by atoms with Gasteiger partial charge in [0.1, 0.15) is 18.4 Å². The van der Waals surface area contributed by atoms with E-state index < -0.39 is 24.2 Å². The van der Waals surface area contributed by atoms with E-state index in [1.54, 1.807) is 19.1 Å². The van der Waals surface area contributed by atoms with Gasteiger partial charge in [0.2, 0.25) is 5.91 Å². The van der Waals surface area contributed by atoms with Gasteiger partial charge in [-0.2, -0.15) is 5.06 Å². The fourth-order valence-electron chi connectivity index (χ4n) is 10.4. The van der Waals surface area contributed by atoms with Crippen molar-refractivity contribution in [3.05, 3.63) is 0 Å². The predicted octanol–water partition coefficient (Wildman–Crippen LogP) is 3.12. The van der Waals surface area contributed by atoms with Gasteiger partial charge in [0.05, 0.1) is 18.8 Å². The summed E-state index contributed by atoms with van der Waals surface area (Å²) in [7, 11) is 6.01. The number of rotatable bonds is 10. The van der Waals surface area contributed by atoms with Gasteiger partial charge in [-0.15, -0.1) is 0 Å². The Balaban J connectivity index is 1.32. The molecule has 6 fully saturated rings. The van der Waals surface area contributed by atoms with Crippen LogP contribution in [0.1, 0.15) is 79.1 Å². The molecule has 9 nitrogen and oxygen atoms in total. The number of methoxy groups -OCH3 is 1. The second kappa shape index (κ2) is 13.3. The quantitative estimate of drug-likeness (QED) is 0.326. The molecule has 0 aromatic rings. The monoisotopic (exact) mass is 605 g/mol. The summed E-state index contributed by atoms with van der Waals surface area (Å²) >= 11 is 0. The van der Waals surface area contributed by atoms with Crippen LogP contribution in [0.4, 0.5) is 0 Å². The van der Waals surface area contributed by atoms with Gasteiger partial charge in [-0.25, -0.2) is 0 Å². The molecule has 3 N–H and O–H groups in total. The molecule has 0 aromatic heterocycles. The summed E-state index contributed by atoms with van der Waals surface area (Å²) in [6.45, 7) is 8.94. The number of carbonyl (C=O) groups excluding carboxylic acids is 2.